The van der Waals surface area contributed by atoms with Crippen molar-refractivity contribution in [2.75, 3.05) is 0 Å². The molecule has 1 nitrogen and oxygen atoms in total. The second kappa shape index (κ2) is 7.53. The first-order chi connectivity index (χ1) is 8.78. The molecule has 0 radical (unpaired) electrons. The monoisotopic (exact) mass is 251 g/mol. The van der Waals surface area contributed by atoms with Gasteiger partial charge in [-0.2, -0.15) is 0 Å². The molecule has 0 aliphatic heterocycles. The molecule has 0 heterocycles. The van der Waals surface area contributed by atoms with Crippen LogP contribution >= 0.6 is 0 Å². The molecule has 106 valence electrons. The van der Waals surface area contributed by atoms with Gasteiger partial charge in [-0.05, 0) is 43.9 Å². The molecular weight excluding hydrogens is 218 g/mol. The molecule has 0 aromatic rings. The lowest BCUT2D eigenvalue weighted by molar-refractivity contribution is 0.270. The topological polar surface area (TPSA) is 12.0 Å². The van der Waals surface area contributed by atoms with Crippen molar-refractivity contribution in [3.8, 4) is 0 Å². The minimum atomic E-state index is 0.835. The van der Waals surface area contributed by atoms with Crippen LogP contribution in [0.1, 0.15) is 84.5 Å². The van der Waals surface area contributed by atoms with Crippen molar-refractivity contribution in [3.63, 3.8) is 0 Å². The van der Waals surface area contributed by atoms with Crippen LogP contribution in [0.15, 0.2) is 0 Å². The van der Waals surface area contributed by atoms with E-state index in [0.29, 0.717) is 0 Å². The Morgan fingerprint density at radius 1 is 0.889 bits per heavy atom. The second-order valence-electron chi connectivity index (χ2n) is 7.00. The van der Waals surface area contributed by atoms with Crippen molar-refractivity contribution in [2.45, 2.75) is 96.6 Å². The average Bonchev–Trinajstić information content (AvgIpc) is 2.56. The van der Waals surface area contributed by atoms with Gasteiger partial charge in [-0.1, -0.05) is 52.4 Å². The van der Waals surface area contributed by atoms with Crippen molar-refractivity contribution in [1.82, 2.24) is 5.32 Å². The summed E-state index contributed by atoms with van der Waals surface area (Å²) in [6.07, 6.45) is 15.9. The van der Waals surface area contributed by atoms with Gasteiger partial charge in [0.1, 0.15) is 0 Å². The summed E-state index contributed by atoms with van der Waals surface area (Å²) in [5.41, 5.74) is 0. The fraction of sp³-hybridized carbons (Fsp3) is 1.00. The smallest absolute Gasteiger partial charge is 0.00721 e. The molecule has 0 spiro atoms. The van der Waals surface area contributed by atoms with Gasteiger partial charge < -0.3 is 5.32 Å². The van der Waals surface area contributed by atoms with Gasteiger partial charge in [0.15, 0.2) is 0 Å². The van der Waals surface area contributed by atoms with Gasteiger partial charge in [0.2, 0.25) is 0 Å². The fourth-order valence-corrected chi connectivity index (χ4v) is 4.16. The van der Waals surface area contributed by atoms with Gasteiger partial charge >= 0.3 is 0 Å². The van der Waals surface area contributed by atoms with Gasteiger partial charge in [0.05, 0.1) is 0 Å². The number of hydrogen-bond acceptors (Lipinski definition) is 1. The Morgan fingerprint density at radius 2 is 1.67 bits per heavy atom. The van der Waals surface area contributed by atoms with Crippen LogP contribution in [0.25, 0.3) is 0 Å². The van der Waals surface area contributed by atoms with Crippen LogP contribution in [-0.2, 0) is 0 Å². The Hall–Kier alpha value is -0.0400. The molecule has 0 aromatic carbocycles. The Bertz CT molecular complexity index is 226. The minimum Gasteiger partial charge on any atom is -0.311 e. The summed E-state index contributed by atoms with van der Waals surface area (Å²) in [4.78, 5) is 0. The van der Waals surface area contributed by atoms with Crippen molar-refractivity contribution >= 4 is 0 Å². The van der Waals surface area contributed by atoms with E-state index in [1.165, 1.54) is 70.6 Å². The number of nitrogens with one attached hydrogen (secondary N) is 1. The molecule has 0 saturated heterocycles. The van der Waals surface area contributed by atoms with Gasteiger partial charge in [-0.3, -0.25) is 0 Å². The van der Waals surface area contributed by atoms with Crippen molar-refractivity contribution < 1.29 is 0 Å². The van der Waals surface area contributed by atoms with Gasteiger partial charge in [0.25, 0.3) is 0 Å². The molecule has 0 amide bonds. The molecule has 18 heavy (non-hydrogen) atoms. The van der Waals surface area contributed by atoms with Crippen LogP contribution in [0, 0.1) is 11.8 Å². The summed E-state index contributed by atoms with van der Waals surface area (Å²) in [6, 6.07) is 1.67. The first-order valence-corrected chi connectivity index (χ1v) is 8.54. The third kappa shape index (κ3) is 4.57. The van der Waals surface area contributed by atoms with E-state index in [-0.39, 0.29) is 0 Å². The van der Waals surface area contributed by atoms with E-state index in [2.05, 4.69) is 19.2 Å². The molecule has 2 aliphatic carbocycles. The largest absolute Gasteiger partial charge is 0.311 e. The third-order valence-electron chi connectivity index (χ3n) is 5.19. The zero-order valence-corrected chi connectivity index (χ0v) is 12.6. The lowest BCUT2D eigenvalue weighted by atomic mass is 9.86. The highest BCUT2D eigenvalue weighted by atomic mass is 15.0. The standard InChI is InChI=1S/C17H33N/c1-3-6-15-8-5-9-16(12-11-15)18-17-10-4-7-14(2)13-17/h14-18H,3-13H2,1-2H3. The maximum absolute atomic E-state index is 3.99. The molecule has 1 heteroatoms. The quantitative estimate of drug-likeness (QED) is 0.700. The Balaban J connectivity index is 1.72. The van der Waals surface area contributed by atoms with Crippen molar-refractivity contribution in [1.29, 1.82) is 0 Å². The summed E-state index contributed by atoms with van der Waals surface area (Å²) in [5, 5.41) is 3.99. The Kier molecular flexibility index (Phi) is 6.01. The van der Waals surface area contributed by atoms with Crippen molar-refractivity contribution in [3.05, 3.63) is 0 Å². The molecule has 2 fully saturated rings. The van der Waals surface area contributed by atoms with Gasteiger partial charge in [0, 0.05) is 12.1 Å². The first kappa shape index (κ1) is 14.4. The minimum absolute atomic E-state index is 0.835. The van der Waals surface area contributed by atoms with E-state index in [9.17, 15) is 0 Å². The predicted molar refractivity (Wildman–Crippen MR) is 79.8 cm³/mol. The summed E-state index contributed by atoms with van der Waals surface area (Å²) < 4.78 is 0. The predicted octanol–water partition coefficient (Wildman–Crippen LogP) is 4.90. The molecule has 1 N–H and O–H groups in total. The van der Waals surface area contributed by atoms with E-state index >= 15 is 0 Å². The Labute approximate surface area is 114 Å². The summed E-state index contributed by atoms with van der Waals surface area (Å²) in [7, 11) is 0. The number of rotatable bonds is 4. The molecule has 0 aromatic heterocycles. The van der Waals surface area contributed by atoms with E-state index < -0.39 is 0 Å². The Morgan fingerprint density at radius 3 is 2.44 bits per heavy atom. The van der Waals surface area contributed by atoms with E-state index in [1.54, 1.807) is 0 Å². The molecule has 4 atom stereocenters. The summed E-state index contributed by atoms with van der Waals surface area (Å²) in [5.74, 6) is 1.99. The molecule has 2 rings (SSSR count). The lowest BCUT2D eigenvalue weighted by Crippen LogP contribution is -2.40. The normalized spacial score (nSPS) is 38.3. The first-order valence-electron chi connectivity index (χ1n) is 8.54. The van der Waals surface area contributed by atoms with Crippen LogP contribution in [-0.4, -0.2) is 12.1 Å². The highest BCUT2D eigenvalue weighted by molar-refractivity contribution is 4.82. The highest BCUT2D eigenvalue weighted by Gasteiger charge is 2.23. The maximum Gasteiger partial charge on any atom is 0.00721 e. The van der Waals surface area contributed by atoms with Crippen LogP contribution in [0.4, 0.5) is 0 Å². The zero-order valence-electron chi connectivity index (χ0n) is 12.6. The maximum atomic E-state index is 3.99. The van der Waals surface area contributed by atoms with Crippen LogP contribution in [0.3, 0.4) is 0 Å². The van der Waals surface area contributed by atoms with E-state index in [4.69, 9.17) is 0 Å². The molecule has 2 aliphatic rings. The molecule has 2 saturated carbocycles. The SMILES string of the molecule is CCCC1CCCC(NC2CCCC(C)C2)CC1. The zero-order chi connectivity index (χ0) is 12.8. The fourth-order valence-electron chi connectivity index (χ4n) is 4.16. The molecular formula is C17H33N. The lowest BCUT2D eigenvalue weighted by Gasteiger charge is -2.31. The van der Waals surface area contributed by atoms with Crippen molar-refractivity contribution in [2.24, 2.45) is 11.8 Å². The van der Waals surface area contributed by atoms with Crippen LogP contribution in [0.2, 0.25) is 0 Å². The molecule has 4 unspecified atom stereocenters. The highest BCUT2D eigenvalue weighted by Crippen LogP contribution is 2.29. The third-order valence-corrected chi connectivity index (χ3v) is 5.19. The molecule has 0 bridgehead atoms. The van der Waals surface area contributed by atoms with E-state index in [0.717, 1.165) is 23.9 Å². The average molecular weight is 251 g/mol. The van der Waals surface area contributed by atoms with Gasteiger partial charge in [-0.15, -0.1) is 0 Å². The summed E-state index contributed by atoms with van der Waals surface area (Å²) >= 11 is 0. The second-order valence-corrected chi connectivity index (χ2v) is 7.00. The van der Waals surface area contributed by atoms with Gasteiger partial charge in [-0.25, -0.2) is 0 Å². The van der Waals surface area contributed by atoms with Crippen LogP contribution < -0.4 is 5.32 Å². The summed E-state index contributed by atoms with van der Waals surface area (Å²) in [6.45, 7) is 4.77. The number of hydrogen-bond donors (Lipinski definition) is 1. The van der Waals surface area contributed by atoms with Crippen LogP contribution in [0.5, 0.6) is 0 Å². The van der Waals surface area contributed by atoms with E-state index in [1.807, 2.05) is 0 Å².